The third-order valence-electron chi connectivity index (χ3n) is 3.88. The standard InChI is InChI=1S/C15H16F6N4O2S/c1-8(2)11(26)25(7-10-22-4-5-24(10)3)12-23-6-9(28-12)13(27,14(16,17)18)15(19,20)21/h4-6,8,27H,7H2,1-3H3. The molecule has 6 nitrogen and oxygen atoms in total. The molecule has 0 aromatic carbocycles. The van der Waals surface area contributed by atoms with Gasteiger partial charge in [-0.25, -0.2) is 9.97 Å². The molecule has 28 heavy (non-hydrogen) atoms. The van der Waals surface area contributed by atoms with Crippen LogP contribution in [0.1, 0.15) is 24.5 Å². The Labute approximate surface area is 159 Å². The van der Waals surface area contributed by atoms with Crippen LogP contribution in [0, 0.1) is 5.92 Å². The van der Waals surface area contributed by atoms with Gasteiger partial charge in [-0.2, -0.15) is 26.3 Å². The summed E-state index contributed by atoms with van der Waals surface area (Å²) < 4.78 is 79.9. The maximum absolute atomic E-state index is 13.1. The molecule has 0 aliphatic rings. The zero-order valence-electron chi connectivity index (χ0n) is 14.8. The van der Waals surface area contributed by atoms with Crippen LogP contribution in [0.5, 0.6) is 0 Å². The Kier molecular flexibility index (Phi) is 5.81. The zero-order valence-corrected chi connectivity index (χ0v) is 15.7. The number of rotatable bonds is 5. The maximum Gasteiger partial charge on any atom is 0.431 e. The number of alkyl halides is 6. The second-order valence-corrected chi connectivity index (χ2v) is 7.26. The minimum Gasteiger partial charge on any atom is -0.369 e. The molecule has 13 heteroatoms. The summed E-state index contributed by atoms with van der Waals surface area (Å²) in [5.74, 6) is -0.851. The molecule has 1 amide bonds. The van der Waals surface area contributed by atoms with Crippen molar-refractivity contribution >= 4 is 22.4 Å². The number of carbonyl (C=O) groups excluding carboxylic acids is 1. The fraction of sp³-hybridized carbons (Fsp3) is 0.533. The lowest BCUT2D eigenvalue weighted by Crippen LogP contribution is -2.53. The smallest absolute Gasteiger partial charge is 0.369 e. The first-order valence-electron chi connectivity index (χ1n) is 7.79. The average molecular weight is 430 g/mol. The van der Waals surface area contributed by atoms with Crippen LogP contribution < -0.4 is 4.90 Å². The van der Waals surface area contributed by atoms with Gasteiger partial charge in [-0.3, -0.25) is 9.69 Å². The Hall–Kier alpha value is -2.15. The second-order valence-electron chi connectivity index (χ2n) is 6.25. The minimum absolute atomic E-state index is 0.0579. The van der Waals surface area contributed by atoms with E-state index >= 15 is 0 Å². The Balaban J connectivity index is 2.51. The second kappa shape index (κ2) is 7.35. The average Bonchev–Trinajstić information content (AvgIpc) is 3.18. The number of hydrogen-bond acceptors (Lipinski definition) is 5. The molecule has 0 spiro atoms. The highest BCUT2D eigenvalue weighted by Crippen LogP contribution is 2.52. The number of anilines is 1. The van der Waals surface area contributed by atoms with E-state index in [9.17, 15) is 36.2 Å². The summed E-state index contributed by atoms with van der Waals surface area (Å²) >= 11 is -0.0579. The van der Waals surface area contributed by atoms with Gasteiger partial charge in [-0.15, -0.1) is 0 Å². The first-order chi connectivity index (χ1) is 12.7. The quantitative estimate of drug-likeness (QED) is 0.739. The van der Waals surface area contributed by atoms with Crippen molar-refractivity contribution in [1.82, 2.24) is 14.5 Å². The van der Waals surface area contributed by atoms with Crippen molar-refractivity contribution in [3.05, 3.63) is 29.3 Å². The van der Waals surface area contributed by atoms with E-state index in [1.54, 1.807) is 13.2 Å². The molecule has 0 bridgehead atoms. The summed E-state index contributed by atoms with van der Waals surface area (Å²) in [6.45, 7) is 2.82. The molecule has 1 N–H and O–H groups in total. The summed E-state index contributed by atoms with van der Waals surface area (Å²) in [6.07, 6.45) is -8.79. The maximum atomic E-state index is 13.1. The number of aliphatic hydroxyl groups is 1. The predicted molar refractivity (Wildman–Crippen MR) is 87.4 cm³/mol. The van der Waals surface area contributed by atoms with Crippen molar-refractivity contribution in [3.63, 3.8) is 0 Å². The van der Waals surface area contributed by atoms with Gasteiger partial charge in [-0.05, 0) is 0 Å². The molecular formula is C15H16F6N4O2S. The Bertz CT molecular complexity index is 828. The van der Waals surface area contributed by atoms with E-state index < -0.39 is 39.8 Å². The molecule has 2 aromatic rings. The van der Waals surface area contributed by atoms with Crippen LogP contribution in [0.25, 0.3) is 0 Å². The number of hydrogen-bond donors (Lipinski definition) is 1. The van der Waals surface area contributed by atoms with Gasteiger partial charge in [0.1, 0.15) is 5.82 Å². The SMILES string of the molecule is CC(C)C(=O)N(Cc1nccn1C)c1ncc(C(O)(C(F)(F)F)C(F)(F)F)s1. The summed E-state index contributed by atoms with van der Waals surface area (Å²) in [4.78, 5) is 19.5. The fourth-order valence-corrected chi connectivity index (χ4v) is 3.29. The molecule has 0 saturated heterocycles. The van der Waals surface area contributed by atoms with Gasteiger partial charge >= 0.3 is 12.4 Å². The molecule has 0 unspecified atom stereocenters. The van der Waals surface area contributed by atoms with Crippen molar-refractivity contribution in [1.29, 1.82) is 0 Å². The van der Waals surface area contributed by atoms with Crippen LogP contribution >= 0.6 is 11.3 Å². The van der Waals surface area contributed by atoms with Crippen LogP contribution in [0.2, 0.25) is 0 Å². The number of carbonyl (C=O) groups is 1. The molecule has 2 aromatic heterocycles. The van der Waals surface area contributed by atoms with E-state index in [0.717, 1.165) is 4.90 Å². The Morgan fingerprint density at radius 1 is 1.21 bits per heavy atom. The molecule has 0 aliphatic heterocycles. The summed E-state index contributed by atoms with van der Waals surface area (Å²) in [5.41, 5.74) is -5.09. The number of halogens is 6. The molecule has 0 atom stereocenters. The zero-order chi connectivity index (χ0) is 21.5. The normalized spacial score (nSPS) is 13.2. The Morgan fingerprint density at radius 2 is 1.79 bits per heavy atom. The first kappa shape index (κ1) is 22.1. The lowest BCUT2D eigenvalue weighted by atomic mass is 10.0. The molecule has 0 aliphatic carbocycles. The lowest BCUT2D eigenvalue weighted by molar-refractivity contribution is -0.375. The Morgan fingerprint density at radius 3 is 2.21 bits per heavy atom. The molecule has 0 radical (unpaired) electrons. The summed E-state index contributed by atoms with van der Waals surface area (Å²) in [5, 5.41) is 9.09. The van der Waals surface area contributed by atoms with Crippen molar-refractivity contribution in [2.45, 2.75) is 38.3 Å². The minimum atomic E-state index is -6.03. The van der Waals surface area contributed by atoms with Crippen molar-refractivity contribution in [2.75, 3.05) is 4.90 Å². The number of imidazole rings is 1. The molecule has 0 saturated carbocycles. The molecule has 0 fully saturated rings. The van der Waals surface area contributed by atoms with E-state index in [1.165, 1.54) is 24.6 Å². The van der Waals surface area contributed by atoms with E-state index in [4.69, 9.17) is 0 Å². The highest BCUT2D eigenvalue weighted by atomic mass is 32.1. The van der Waals surface area contributed by atoms with Gasteiger partial charge in [0.15, 0.2) is 5.13 Å². The molecule has 2 heterocycles. The van der Waals surface area contributed by atoms with Gasteiger partial charge in [0.2, 0.25) is 5.91 Å². The largest absolute Gasteiger partial charge is 0.431 e. The highest BCUT2D eigenvalue weighted by molar-refractivity contribution is 7.15. The van der Waals surface area contributed by atoms with Gasteiger partial charge < -0.3 is 9.67 Å². The number of thiazole rings is 1. The van der Waals surface area contributed by atoms with Gasteiger partial charge in [0, 0.05) is 31.6 Å². The third kappa shape index (κ3) is 3.85. The molecule has 2 rings (SSSR count). The summed E-state index contributed by atoms with van der Waals surface area (Å²) in [6, 6.07) is 0. The van der Waals surface area contributed by atoms with Gasteiger partial charge in [0.25, 0.3) is 5.60 Å². The van der Waals surface area contributed by atoms with E-state index in [2.05, 4.69) is 9.97 Å². The third-order valence-corrected chi connectivity index (χ3v) is 5.01. The molecular weight excluding hydrogens is 414 g/mol. The number of aromatic nitrogens is 3. The van der Waals surface area contributed by atoms with E-state index in [-0.39, 0.29) is 24.1 Å². The van der Waals surface area contributed by atoms with Crippen LogP contribution in [-0.4, -0.2) is 37.9 Å². The molecule has 156 valence electrons. The lowest BCUT2D eigenvalue weighted by Gasteiger charge is -2.31. The van der Waals surface area contributed by atoms with Crippen LogP contribution in [0.15, 0.2) is 18.6 Å². The van der Waals surface area contributed by atoms with Crippen LogP contribution in [-0.2, 0) is 24.0 Å². The van der Waals surface area contributed by atoms with E-state index in [1.807, 2.05) is 0 Å². The van der Waals surface area contributed by atoms with Crippen LogP contribution in [0.4, 0.5) is 31.5 Å². The number of amides is 1. The predicted octanol–water partition coefficient (Wildman–Crippen LogP) is 3.38. The first-order valence-corrected chi connectivity index (χ1v) is 8.61. The van der Waals surface area contributed by atoms with Crippen molar-refractivity contribution < 1.29 is 36.2 Å². The number of aryl methyl sites for hydroxylation is 1. The van der Waals surface area contributed by atoms with Crippen molar-refractivity contribution in [2.24, 2.45) is 13.0 Å². The number of nitrogens with zero attached hydrogens (tertiary/aromatic N) is 4. The monoisotopic (exact) mass is 430 g/mol. The van der Waals surface area contributed by atoms with Crippen molar-refractivity contribution in [3.8, 4) is 0 Å². The topological polar surface area (TPSA) is 71.2 Å². The van der Waals surface area contributed by atoms with E-state index in [0.29, 0.717) is 5.82 Å². The van der Waals surface area contributed by atoms with Crippen LogP contribution in [0.3, 0.4) is 0 Å². The van der Waals surface area contributed by atoms with Gasteiger partial charge in [-0.1, -0.05) is 25.2 Å². The summed E-state index contributed by atoms with van der Waals surface area (Å²) in [7, 11) is 1.61. The van der Waals surface area contributed by atoms with Gasteiger partial charge in [0.05, 0.1) is 11.4 Å². The highest BCUT2D eigenvalue weighted by Gasteiger charge is 2.72. The fourth-order valence-electron chi connectivity index (χ4n) is 2.24.